The summed E-state index contributed by atoms with van der Waals surface area (Å²) in [7, 11) is 0. The second kappa shape index (κ2) is 7.41. The monoisotopic (exact) mass is 281 g/mol. The first-order valence-electron chi connectivity index (χ1n) is 8.36. The molecule has 1 saturated carbocycles. The van der Waals surface area contributed by atoms with Crippen molar-refractivity contribution < 1.29 is 4.79 Å². The minimum absolute atomic E-state index is 0.00700. The van der Waals surface area contributed by atoms with E-state index < -0.39 is 0 Å². The maximum Gasteiger partial charge on any atom is 0.225 e. The summed E-state index contributed by atoms with van der Waals surface area (Å²) in [6.07, 6.45) is 7.23. The van der Waals surface area contributed by atoms with Gasteiger partial charge in [0.1, 0.15) is 0 Å². The van der Waals surface area contributed by atoms with E-state index in [9.17, 15) is 4.79 Å². The van der Waals surface area contributed by atoms with Gasteiger partial charge in [-0.1, -0.05) is 19.8 Å². The molecule has 1 aliphatic heterocycles. The normalized spacial score (nSPS) is 33.6. The lowest BCUT2D eigenvalue weighted by Gasteiger charge is -2.35. The number of piperidine rings is 1. The fourth-order valence-corrected chi connectivity index (χ4v) is 3.82. The number of carbonyl (C=O) groups excluding carboxylic acids is 1. The number of amides is 1. The van der Waals surface area contributed by atoms with E-state index in [0.29, 0.717) is 5.92 Å². The van der Waals surface area contributed by atoms with Crippen LogP contribution >= 0.6 is 0 Å². The van der Waals surface area contributed by atoms with E-state index in [2.05, 4.69) is 24.1 Å². The highest BCUT2D eigenvalue weighted by atomic mass is 16.2. The van der Waals surface area contributed by atoms with Crippen LogP contribution in [0.5, 0.6) is 0 Å². The van der Waals surface area contributed by atoms with Crippen LogP contribution in [0.1, 0.15) is 52.4 Å². The molecule has 0 aromatic heterocycles. The molecule has 1 aliphatic carbocycles. The summed E-state index contributed by atoms with van der Waals surface area (Å²) in [5.41, 5.74) is 6.16. The van der Waals surface area contributed by atoms with E-state index in [-0.39, 0.29) is 23.9 Å². The molecule has 0 bridgehead atoms. The van der Waals surface area contributed by atoms with Crippen molar-refractivity contribution in [3.05, 3.63) is 0 Å². The number of nitrogens with one attached hydrogen (secondary N) is 1. The molecule has 4 atom stereocenters. The highest BCUT2D eigenvalue weighted by molar-refractivity contribution is 5.80. The van der Waals surface area contributed by atoms with Crippen molar-refractivity contribution in [1.82, 2.24) is 10.2 Å². The molecule has 1 saturated heterocycles. The average Bonchev–Trinajstić information content (AvgIpc) is 2.39. The SMILES string of the molecule is CC(CN1CCCCC1)NC(=O)C1C(C)CCCC1N. The summed E-state index contributed by atoms with van der Waals surface area (Å²) in [5.74, 6) is 0.600. The Hall–Kier alpha value is -0.610. The maximum atomic E-state index is 12.5. The molecule has 1 heterocycles. The molecule has 1 amide bonds. The third-order valence-electron chi connectivity index (χ3n) is 4.94. The summed E-state index contributed by atoms with van der Waals surface area (Å²) in [6.45, 7) is 7.62. The number of nitrogens with zero attached hydrogens (tertiary/aromatic N) is 1. The quantitative estimate of drug-likeness (QED) is 0.825. The van der Waals surface area contributed by atoms with Crippen LogP contribution in [0.25, 0.3) is 0 Å². The van der Waals surface area contributed by atoms with Crippen LogP contribution in [0.4, 0.5) is 0 Å². The maximum absolute atomic E-state index is 12.5. The van der Waals surface area contributed by atoms with Crippen molar-refractivity contribution >= 4 is 5.91 Å². The van der Waals surface area contributed by atoms with Gasteiger partial charge in [-0.25, -0.2) is 0 Å². The summed E-state index contributed by atoms with van der Waals surface area (Å²) < 4.78 is 0. The van der Waals surface area contributed by atoms with Gasteiger partial charge in [-0.15, -0.1) is 0 Å². The van der Waals surface area contributed by atoms with Crippen LogP contribution in [0, 0.1) is 11.8 Å². The van der Waals surface area contributed by atoms with Gasteiger partial charge >= 0.3 is 0 Å². The predicted molar refractivity (Wildman–Crippen MR) is 82.4 cm³/mol. The largest absolute Gasteiger partial charge is 0.352 e. The molecule has 4 unspecified atom stereocenters. The van der Waals surface area contributed by atoms with Gasteiger partial charge in [0, 0.05) is 18.6 Å². The zero-order valence-electron chi connectivity index (χ0n) is 13.1. The third-order valence-corrected chi connectivity index (χ3v) is 4.94. The molecule has 2 fully saturated rings. The summed E-state index contributed by atoms with van der Waals surface area (Å²) in [5, 5.41) is 3.20. The topological polar surface area (TPSA) is 58.4 Å². The lowest BCUT2D eigenvalue weighted by atomic mass is 9.76. The molecule has 4 heteroatoms. The first-order valence-corrected chi connectivity index (χ1v) is 8.36. The van der Waals surface area contributed by atoms with Crippen LogP contribution in [-0.2, 0) is 4.79 Å². The number of hydrogen-bond acceptors (Lipinski definition) is 3. The number of likely N-dealkylation sites (tertiary alicyclic amines) is 1. The van der Waals surface area contributed by atoms with E-state index in [1.54, 1.807) is 0 Å². The summed E-state index contributed by atoms with van der Waals surface area (Å²) in [6, 6.07) is 0.267. The van der Waals surface area contributed by atoms with Crippen molar-refractivity contribution in [2.24, 2.45) is 17.6 Å². The van der Waals surface area contributed by atoms with Gasteiger partial charge in [0.05, 0.1) is 5.92 Å². The van der Waals surface area contributed by atoms with E-state index in [4.69, 9.17) is 5.73 Å². The van der Waals surface area contributed by atoms with Gasteiger partial charge in [-0.3, -0.25) is 4.79 Å². The molecule has 0 spiro atoms. The molecular formula is C16H31N3O. The molecular weight excluding hydrogens is 250 g/mol. The minimum atomic E-state index is 0.00700. The fourth-order valence-electron chi connectivity index (χ4n) is 3.82. The summed E-state index contributed by atoms with van der Waals surface area (Å²) in [4.78, 5) is 14.9. The summed E-state index contributed by atoms with van der Waals surface area (Å²) >= 11 is 0. The van der Waals surface area contributed by atoms with E-state index >= 15 is 0 Å². The Morgan fingerprint density at radius 1 is 1.25 bits per heavy atom. The Bertz CT molecular complexity index is 305. The third kappa shape index (κ3) is 4.19. The van der Waals surface area contributed by atoms with Gasteiger partial charge in [-0.05, 0) is 51.6 Å². The van der Waals surface area contributed by atoms with Crippen molar-refractivity contribution in [2.75, 3.05) is 19.6 Å². The lowest BCUT2D eigenvalue weighted by molar-refractivity contribution is -0.128. The van der Waals surface area contributed by atoms with Crippen LogP contribution in [0.15, 0.2) is 0 Å². The second-order valence-corrected chi connectivity index (χ2v) is 6.87. The van der Waals surface area contributed by atoms with E-state index in [1.165, 1.54) is 32.4 Å². The molecule has 0 aromatic rings. The molecule has 116 valence electrons. The highest BCUT2D eigenvalue weighted by Crippen LogP contribution is 2.29. The van der Waals surface area contributed by atoms with Crippen LogP contribution in [-0.4, -0.2) is 42.5 Å². The number of carbonyl (C=O) groups is 1. The van der Waals surface area contributed by atoms with E-state index in [0.717, 1.165) is 25.8 Å². The minimum Gasteiger partial charge on any atom is -0.352 e. The van der Waals surface area contributed by atoms with E-state index in [1.807, 2.05) is 0 Å². The Morgan fingerprint density at radius 3 is 2.60 bits per heavy atom. The standard InChI is InChI=1S/C16H31N3O/c1-12-7-6-8-14(17)15(12)16(20)18-13(2)11-19-9-4-3-5-10-19/h12-15H,3-11,17H2,1-2H3,(H,18,20). The number of nitrogens with two attached hydrogens (primary N) is 1. The first-order chi connectivity index (χ1) is 9.58. The molecule has 4 nitrogen and oxygen atoms in total. The second-order valence-electron chi connectivity index (χ2n) is 6.87. The van der Waals surface area contributed by atoms with Crippen molar-refractivity contribution in [3.8, 4) is 0 Å². The number of rotatable bonds is 4. The first kappa shape index (κ1) is 15.8. The van der Waals surface area contributed by atoms with Gasteiger partial charge in [0.2, 0.25) is 5.91 Å². The van der Waals surface area contributed by atoms with Gasteiger partial charge in [-0.2, -0.15) is 0 Å². The Morgan fingerprint density at radius 2 is 1.95 bits per heavy atom. The van der Waals surface area contributed by atoms with Crippen molar-refractivity contribution in [3.63, 3.8) is 0 Å². The average molecular weight is 281 g/mol. The highest BCUT2D eigenvalue weighted by Gasteiger charge is 2.34. The van der Waals surface area contributed by atoms with Gasteiger partial charge < -0.3 is 16.0 Å². The molecule has 3 N–H and O–H groups in total. The molecule has 0 aromatic carbocycles. The number of hydrogen-bond donors (Lipinski definition) is 2. The van der Waals surface area contributed by atoms with Crippen molar-refractivity contribution in [2.45, 2.75) is 64.5 Å². The zero-order chi connectivity index (χ0) is 14.5. The molecule has 20 heavy (non-hydrogen) atoms. The fraction of sp³-hybridized carbons (Fsp3) is 0.938. The predicted octanol–water partition coefficient (Wildman–Crippen LogP) is 1.74. The lowest BCUT2D eigenvalue weighted by Crippen LogP contribution is -2.51. The molecule has 2 aliphatic rings. The zero-order valence-corrected chi connectivity index (χ0v) is 13.1. The van der Waals surface area contributed by atoms with Crippen LogP contribution in [0.3, 0.4) is 0 Å². The van der Waals surface area contributed by atoms with Gasteiger partial charge in [0.15, 0.2) is 0 Å². The Balaban J connectivity index is 1.80. The van der Waals surface area contributed by atoms with Gasteiger partial charge in [0.25, 0.3) is 0 Å². The Kier molecular flexibility index (Phi) is 5.85. The van der Waals surface area contributed by atoms with Crippen LogP contribution in [0.2, 0.25) is 0 Å². The Labute approximate surface area is 123 Å². The molecule has 0 radical (unpaired) electrons. The smallest absolute Gasteiger partial charge is 0.225 e. The van der Waals surface area contributed by atoms with Crippen molar-refractivity contribution in [1.29, 1.82) is 0 Å². The molecule has 2 rings (SSSR count). The van der Waals surface area contributed by atoms with Crippen LogP contribution < -0.4 is 11.1 Å².